The van der Waals surface area contributed by atoms with Crippen LogP contribution < -0.4 is 4.72 Å². The van der Waals surface area contributed by atoms with Gasteiger partial charge in [-0.2, -0.15) is 0 Å². The number of thiazole rings is 1. The van der Waals surface area contributed by atoms with Crippen molar-refractivity contribution in [3.05, 3.63) is 44.2 Å². The molecule has 4 rings (SSSR count). The summed E-state index contributed by atoms with van der Waals surface area (Å²) in [6.45, 7) is 0.933. The summed E-state index contributed by atoms with van der Waals surface area (Å²) in [4.78, 5) is 32.1. The van der Waals surface area contributed by atoms with Crippen molar-refractivity contribution in [1.82, 2.24) is 14.6 Å². The smallest absolute Gasteiger partial charge is 0.340 e. The summed E-state index contributed by atoms with van der Waals surface area (Å²) < 4.78 is 33.8. The van der Waals surface area contributed by atoms with E-state index in [0.29, 0.717) is 34.7 Å². The number of methoxy groups -OCH3 is 1. The number of nitrogens with zero attached hydrogens (tertiary/aromatic N) is 2. The zero-order valence-corrected chi connectivity index (χ0v) is 20.2. The SMILES string of the molecule is COC(=O)c1c(S(=O)(=O)NCCC2=CCCCC2)sc2c1CCN(C(=O)c1cncs1)C2. The van der Waals surface area contributed by atoms with Crippen LogP contribution in [0.5, 0.6) is 0 Å². The quantitative estimate of drug-likeness (QED) is 0.466. The van der Waals surface area contributed by atoms with Crippen LogP contribution in [0.2, 0.25) is 0 Å². The van der Waals surface area contributed by atoms with Crippen LogP contribution in [-0.2, 0) is 27.7 Å². The number of sulfonamides is 1. The van der Waals surface area contributed by atoms with Crippen molar-refractivity contribution in [2.24, 2.45) is 0 Å². The van der Waals surface area contributed by atoms with Gasteiger partial charge in [-0.15, -0.1) is 22.7 Å². The number of rotatable bonds is 7. The van der Waals surface area contributed by atoms with Gasteiger partial charge in [-0.05, 0) is 44.1 Å². The van der Waals surface area contributed by atoms with Crippen molar-refractivity contribution in [1.29, 1.82) is 0 Å². The third-order valence-corrected chi connectivity index (χ3v) is 9.67. The second-order valence-electron chi connectivity index (χ2n) is 7.76. The number of carbonyl (C=O) groups excluding carboxylic acids is 2. The van der Waals surface area contributed by atoms with E-state index in [-0.39, 0.29) is 28.8 Å². The fraction of sp³-hybridized carbons (Fsp3) is 0.476. The van der Waals surface area contributed by atoms with Gasteiger partial charge in [-0.25, -0.2) is 17.9 Å². The van der Waals surface area contributed by atoms with Crippen LogP contribution in [0.15, 0.2) is 27.6 Å². The first-order valence-corrected chi connectivity index (χ1v) is 13.7. The Morgan fingerprint density at radius 2 is 2.12 bits per heavy atom. The first kappa shape index (κ1) is 23.1. The Morgan fingerprint density at radius 3 is 2.81 bits per heavy atom. The van der Waals surface area contributed by atoms with Gasteiger partial charge in [-0.1, -0.05) is 11.6 Å². The Hall–Kier alpha value is -2.08. The highest BCUT2D eigenvalue weighted by Crippen LogP contribution is 2.37. The topological polar surface area (TPSA) is 106 Å². The van der Waals surface area contributed by atoms with E-state index in [0.717, 1.165) is 30.6 Å². The molecule has 1 amide bonds. The lowest BCUT2D eigenvalue weighted by molar-refractivity contribution is 0.0595. The van der Waals surface area contributed by atoms with E-state index in [1.807, 2.05) is 0 Å². The number of thiophene rings is 1. The predicted molar refractivity (Wildman–Crippen MR) is 123 cm³/mol. The van der Waals surface area contributed by atoms with Gasteiger partial charge < -0.3 is 9.64 Å². The van der Waals surface area contributed by atoms with E-state index in [1.165, 1.54) is 36.6 Å². The van der Waals surface area contributed by atoms with Gasteiger partial charge in [0.2, 0.25) is 0 Å². The van der Waals surface area contributed by atoms with E-state index in [4.69, 9.17) is 4.74 Å². The number of nitrogens with one attached hydrogen (secondary N) is 1. The lowest BCUT2D eigenvalue weighted by Gasteiger charge is -2.26. The Morgan fingerprint density at radius 1 is 1.28 bits per heavy atom. The molecule has 0 radical (unpaired) electrons. The minimum Gasteiger partial charge on any atom is -0.465 e. The molecule has 172 valence electrons. The zero-order valence-electron chi connectivity index (χ0n) is 17.8. The van der Waals surface area contributed by atoms with Gasteiger partial charge in [0.25, 0.3) is 15.9 Å². The molecule has 8 nitrogen and oxygen atoms in total. The van der Waals surface area contributed by atoms with Crippen LogP contribution in [0.4, 0.5) is 0 Å². The standard InChI is InChI=1S/C21H25N3O5S3/c1-29-20(26)18-15-8-10-24(19(25)16-11-22-13-30-16)12-17(15)31-21(18)32(27,28)23-9-7-14-5-3-2-4-6-14/h5,11,13,23H,2-4,6-10,12H2,1H3. The Kier molecular flexibility index (Phi) is 7.08. The molecule has 1 N–H and O–H groups in total. The average Bonchev–Trinajstić information content (AvgIpc) is 3.47. The highest BCUT2D eigenvalue weighted by Gasteiger charge is 2.35. The molecular formula is C21H25N3O5S3. The molecule has 11 heteroatoms. The first-order chi connectivity index (χ1) is 15.4. The second-order valence-corrected chi connectivity index (χ2v) is 11.7. The molecule has 0 atom stereocenters. The summed E-state index contributed by atoms with van der Waals surface area (Å²) in [5.74, 6) is -0.811. The zero-order chi connectivity index (χ0) is 22.7. The van der Waals surface area contributed by atoms with Crippen LogP contribution in [0, 0.1) is 0 Å². The average molecular weight is 496 g/mol. The maximum absolute atomic E-state index is 13.1. The second kappa shape index (κ2) is 9.82. The van der Waals surface area contributed by atoms with E-state index >= 15 is 0 Å². The summed E-state index contributed by atoms with van der Waals surface area (Å²) in [6, 6.07) is 0. The molecule has 0 unspecified atom stereocenters. The maximum atomic E-state index is 13.1. The minimum atomic E-state index is -3.89. The summed E-state index contributed by atoms with van der Waals surface area (Å²) in [5, 5.41) is 0. The fourth-order valence-electron chi connectivity index (χ4n) is 4.07. The fourth-order valence-corrected chi connectivity index (χ4v) is 7.63. The number of aromatic nitrogens is 1. The Labute approximate surface area is 195 Å². The molecule has 0 bridgehead atoms. The molecule has 0 spiro atoms. The van der Waals surface area contributed by atoms with Gasteiger partial charge in [0.05, 0.1) is 30.9 Å². The summed E-state index contributed by atoms with van der Waals surface area (Å²) in [7, 11) is -2.65. The molecule has 1 aliphatic carbocycles. The van der Waals surface area contributed by atoms with E-state index in [9.17, 15) is 18.0 Å². The maximum Gasteiger partial charge on any atom is 0.340 e. The number of hydrogen-bond acceptors (Lipinski definition) is 8. The van der Waals surface area contributed by atoms with Gasteiger partial charge in [0.15, 0.2) is 0 Å². The van der Waals surface area contributed by atoms with Crippen LogP contribution in [0.25, 0.3) is 0 Å². The molecule has 1 aliphatic heterocycles. The van der Waals surface area contributed by atoms with E-state index < -0.39 is 16.0 Å². The van der Waals surface area contributed by atoms with Gasteiger partial charge in [0, 0.05) is 18.0 Å². The monoisotopic (exact) mass is 495 g/mol. The molecule has 0 aromatic carbocycles. The van der Waals surface area contributed by atoms with Crippen molar-refractivity contribution in [3.63, 3.8) is 0 Å². The lowest BCUT2D eigenvalue weighted by Crippen LogP contribution is -2.35. The highest BCUT2D eigenvalue weighted by molar-refractivity contribution is 7.91. The molecule has 2 aromatic heterocycles. The van der Waals surface area contributed by atoms with Crippen molar-refractivity contribution >= 4 is 44.6 Å². The van der Waals surface area contributed by atoms with Crippen LogP contribution in [0.1, 0.15) is 62.6 Å². The number of allylic oxidation sites excluding steroid dienone is 1. The number of amides is 1. The number of ether oxygens (including phenoxy) is 1. The third kappa shape index (κ3) is 4.80. The number of fused-ring (bicyclic) bond motifs is 1. The minimum absolute atomic E-state index is 0.0286. The normalized spacial score (nSPS) is 16.4. The molecule has 0 fully saturated rings. The molecule has 2 aliphatic rings. The van der Waals surface area contributed by atoms with Crippen molar-refractivity contribution < 1.29 is 22.7 Å². The van der Waals surface area contributed by atoms with E-state index in [2.05, 4.69) is 15.8 Å². The Balaban J connectivity index is 1.56. The summed E-state index contributed by atoms with van der Waals surface area (Å²) in [5.41, 5.74) is 3.63. The molecular weight excluding hydrogens is 470 g/mol. The van der Waals surface area contributed by atoms with Crippen molar-refractivity contribution in [2.75, 3.05) is 20.2 Å². The third-order valence-electron chi connectivity index (χ3n) is 5.71. The number of carbonyl (C=O) groups is 2. The first-order valence-electron chi connectivity index (χ1n) is 10.5. The molecule has 0 saturated carbocycles. The van der Waals surface area contributed by atoms with Gasteiger partial charge in [0.1, 0.15) is 9.09 Å². The molecule has 2 aromatic rings. The van der Waals surface area contributed by atoms with Gasteiger partial charge in [-0.3, -0.25) is 9.78 Å². The Bertz CT molecular complexity index is 1140. The van der Waals surface area contributed by atoms with Crippen LogP contribution in [0.3, 0.4) is 0 Å². The van der Waals surface area contributed by atoms with Crippen molar-refractivity contribution in [2.45, 2.75) is 49.3 Å². The van der Waals surface area contributed by atoms with Crippen LogP contribution >= 0.6 is 22.7 Å². The molecule has 32 heavy (non-hydrogen) atoms. The molecule has 0 saturated heterocycles. The lowest BCUT2D eigenvalue weighted by atomic mass is 9.97. The largest absolute Gasteiger partial charge is 0.465 e. The predicted octanol–water partition coefficient (Wildman–Crippen LogP) is 3.36. The van der Waals surface area contributed by atoms with Crippen LogP contribution in [-0.4, -0.2) is 50.4 Å². The summed E-state index contributed by atoms with van der Waals surface area (Å²) in [6.07, 6.45) is 9.14. The number of esters is 1. The summed E-state index contributed by atoms with van der Waals surface area (Å²) >= 11 is 2.31. The van der Waals surface area contributed by atoms with Gasteiger partial charge >= 0.3 is 5.97 Å². The van der Waals surface area contributed by atoms with E-state index in [1.54, 1.807) is 10.4 Å². The highest BCUT2D eigenvalue weighted by atomic mass is 32.2. The number of hydrogen-bond donors (Lipinski definition) is 1. The van der Waals surface area contributed by atoms with Crippen molar-refractivity contribution in [3.8, 4) is 0 Å². The molecule has 3 heterocycles.